The van der Waals surface area contributed by atoms with Crippen LogP contribution in [0.3, 0.4) is 0 Å². The van der Waals surface area contributed by atoms with E-state index in [4.69, 9.17) is 5.11 Å². The maximum absolute atomic E-state index is 12.3. The molecule has 2 rings (SSSR count). The summed E-state index contributed by atoms with van der Waals surface area (Å²) in [4.78, 5) is 10.4. The van der Waals surface area contributed by atoms with Crippen LogP contribution in [0, 0.1) is 0 Å². The summed E-state index contributed by atoms with van der Waals surface area (Å²) in [6, 6.07) is -0.0198. The van der Waals surface area contributed by atoms with Gasteiger partial charge in [-0.25, -0.2) is 0 Å². The number of hydrogen-bond donors (Lipinski definition) is 1. The highest BCUT2D eigenvalue weighted by Gasteiger charge is 2.36. The second-order valence-corrected chi connectivity index (χ2v) is 4.92. The third-order valence-electron chi connectivity index (χ3n) is 2.33. The van der Waals surface area contributed by atoms with Crippen molar-refractivity contribution in [3.05, 3.63) is 5.82 Å². The molecule has 0 spiro atoms. The van der Waals surface area contributed by atoms with Crippen LogP contribution in [-0.4, -0.2) is 37.8 Å². The van der Waals surface area contributed by atoms with E-state index in [-0.39, 0.29) is 22.8 Å². The lowest BCUT2D eigenvalue weighted by atomic mass is 10.4. The first-order valence-corrected chi connectivity index (χ1v) is 6.20. The second-order valence-electron chi connectivity index (χ2n) is 3.97. The molecule has 0 aliphatic heterocycles. The van der Waals surface area contributed by atoms with E-state index >= 15 is 0 Å². The molecular formula is C9H10F3N3O2S. The number of aliphatic carboxylic acids is 1. The summed E-state index contributed by atoms with van der Waals surface area (Å²) in [5.41, 5.74) is 0. The lowest BCUT2D eigenvalue weighted by molar-refractivity contribution is -0.134. The van der Waals surface area contributed by atoms with Crippen molar-refractivity contribution in [1.29, 1.82) is 0 Å². The van der Waals surface area contributed by atoms with Crippen LogP contribution in [0.15, 0.2) is 5.16 Å². The van der Waals surface area contributed by atoms with Crippen LogP contribution < -0.4 is 0 Å². The molecule has 1 fully saturated rings. The summed E-state index contributed by atoms with van der Waals surface area (Å²) >= 11 is 0.893. The van der Waals surface area contributed by atoms with E-state index in [0.717, 1.165) is 24.6 Å². The van der Waals surface area contributed by atoms with Gasteiger partial charge in [-0.05, 0) is 12.8 Å². The van der Waals surface area contributed by atoms with Crippen LogP contribution in [-0.2, 0) is 11.2 Å². The zero-order valence-electron chi connectivity index (χ0n) is 9.15. The Morgan fingerprint density at radius 1 is 1.44 bits per heavy atom. The number of carboxylic acid groups (broad SMARTS) is 1. The first kappa shape index (κ1) is 13.2. The number of halogens is 3. The molecule has 100 valence electrons. The number of alkyl halides is 3. The fourth-order valence-corrected chi connectivity index (χ4v) is 2.28. The maximum Gasteiger partial charge on any atom is 0.396 e. The van der Waals surface area contributed by atoms with Gasteiger partial charge in [0.1, 0.15) is 12.2 Å². The smallest absolute Gasteiger partial charge is 0.396 e. The number of carbonyl (C=O) groups is 1. The molecule has 9 heteroatoms. The summed E-state index contributed by atoms with van der Waals surface area (Å²) in [6.45, 7) is 0. The van der Waals surface area contributed by atoms with E-state index in [1.165, 1.54) is 4.57 Å². The average molecular weight is 281 g/mol. The normalized spacial score (nSPS) is 15.9. The van der Waals surface area contributed by atoms with Crippen molar-refractivity contribution in [3.63, 3.8) is 0 Å². The van der Waals surface area contributed by atoms with Gasteiger partial charge < -0.3 is 9.67 Å². The standard InChI is InChI=1S/C9H10F3N3O2S/c10-9(11,12)3-6-13-14-8(18-4-7(16)17)15(6)5-1-2-5/h5H,1-4H2,(H,16,17). The van der Waals surface area contributed by atoms with Gasteiger partial charge in [0.05, 0.1) is 5.75 Å². The van der Waals surface area contributed by atoms with Crippen molar-refractivity contribution in [3.8, 4) is 0 Å². The number of thioether (sulfide) groups is 1. The number of nitrogens with zero attached hydrogens (tertiary/aromatic N) is 3. The molecule has 0 radical (unpaired) electrons. The van der Waals surface area contributed by atoms with Crippen molar-refractivity contribution >= 4 is 17.7 Å². The van der Waals surface area contributed by atoms with Crippen LogP contribution in [0.25, 0.3) is 0 Å². The minimum absolute atomic E-state index is 0.0198. The third-order valence-corrected chi connectivity index (χ3v) is 3.26. The van der Waals surface area contributed by atoms with Crippen molar-refractivity contribution in [2.24, 2.45) is 0 Å². The highest BCUT2D eigenvalue weighted by Crippen LogP contribution is 2.39. The minimum atomic E-state index is -4.34. The molecule has 18 heavy (non-hydrogen) atoms. The van der Waals surface area contributed by atoms with Crippen molar-refractivity contribution in [2.75, 3.05) is 5.75 Å². The van der Waals surface area contributed by atoms with Gasteiger partial charge >= 0.3 is 12.1 Å². The highest BCUT2D eigenvalue weighted by molar-refractivity contribution is 7.99. The Hall–Kier alpha value is -1.25. The zero-order valence-corrected chi connectivity index (χ0v) is 9.96. The molecule has 0 saturated heterocycles. The Morgan fingerprint density at radius 3 is 2.61 bits per heavy atom. The van der Waals surface area contributed by atoms with Crippen molar-refractivity contribution in [1.82, 2.24) is 14.8 Å². The Bertz CT molecular complexity index is 456. The number of carboxylic acids is 1. The average Bonchev–Trinajstić information content (AvgIpc) is 2.97. The molecule has 1 aromatic rings. The van der Waals surface area contributed by atoms with Crippen molar-refractivity contribution in [2.45, 2.75) is 36.6 Å². The lowest BCUT2D eigenvalue weighted by Crippen LogP contribution is -2.16. The molecular weight excluding hydrogens is 271 g/mol. The molecule has 0 bridgehead atoms. The third kappa shape index (κ3) is 3.37. The first-order valence-electron chi connectivity index (χ1n) is 5.22. The summed E-state index contributed by atoms with van der Waals surface area (Å²) in [7, 11) is 0. The van der Waals surface area contributed by atoms with Crippen LogP contribution in [0.4, 0.5) is 13.2 Å². The fourth-order valence-electron chi connectivity index (χ4n) is 1.53. The SMILES string of the molecule is O=C(O)CSc1nnc(CC(F)(F)F)n1C1CC1. The minimum Gasteiger partial charge on any atom is -0.481 e. The van der Waals surface area contributed by atoms with E-state index in [9.17, 15) is 18.0 Å². The Morgan fingerprint density at radius 2 is 2.11 bits per heavy atom. The van der Waals surface area contributed by atoms with Crippen LogP contribution in [0.2, 0.25) is 0 Å². The number of hydrogen-bond acceptors (Lipinski definition) is 4. The quantitative estimate of drug-likeness (QED) is 0.835. The molecule has 1 N–H and O–H groups in total. The van der Waals surface area contributed by atoms with Crippen LogP contribution in [0.1, 0.15) is 24.7 Å². The largest absolute Gasteiger partial charge is 0.481 e. The van der Waals surface area contributed by atoms with Gasteiger partial charge in [0.15, 0.2) is 5.16 Å². The Labute approximate surface area is 104 Å². The monoisotopic (exact) mass is 281 g/mol. The molecule has 0 atom stereocenters. The molecule has 0 unspecified atom stereocenters. The molecule has 1 aromatic heterocycles. The summed E-state index contributed by atoms with van der Waals surface area (Å²) in [6.07, 6.45) is -3.91. The predicted molar refractivity (Wildman–Crippen MR) is 56.4 cm³/mol. The lowest BCUT2D eigenvalue weighted by Gasteiger charge is -2.09. The van der Waals surface area contributed by atoms with E-state index in [0.29, 0.717) is 0 Å². The molecule has 1 aliphatic rings. The topological polar surface area (TPSA) is 68.0 Å². The molecule has 0 amide bonds. The highest BCUT2D eigenvalue weighted by atomic mass is 32.2. The fraction of sp³-hybridized carbons (Fsp3) is 0.667. The Balaban J connectivity index is 2.17. The second kappa shape index (κ2) is 4.79. The molecule has 1 heterocycles. The summed E-state index contributed by atoms with van der Waals surface area (Å²) in [5.74, 6) is -1.42. The van der Waals surface area contributed by atoms with Crippen LogP contribution in [0.5, 0.6) is 0 Å². The molecule has 0 aromatic carbocycles. The van der Waals surface area contributed by atoms with E-state index in [1.54, 1.807) is 0 Å². The zero-order chi connectivity index (χ0) is 13.3. The molecule has 1 saturated carbocycles. The van der Waals surface area contributed by atoms with Gasteiger partial charge in [0, 0.05) is 6.04 Å². The van der Waals surface area contributed by atoms with Gasteiger partial charge in [-0.3, -0.25) is 4.79 Å². The van der Waals surface area contributed by atoms with Gasteiger partial charge in [-0.1, -0.05) is 11.8 Å². The van der Waals surface area contributed by atoms with Crippen LogP contribution >= 0.6 is 11.8 Å². The molecule has 5 nitrogen and oxygen atoms in total. The van der Waals surface area contributed by atoms with E-state index in [2.05, 4.69) is 10.2 Å². The Kier molecular flexibility index (Phi) is 3.51. The molecule has 1 aliphatic carbocycles. The maximum atomic E-state index is 12.3. The number of rotatable bonds is 5. The van der Waals surface area contributed by atoms with Gasteiger partial charge in [-0.15, -0.1) is 10.2 Å². The van der Waals surface area contributed by atoms with Crippen molar-refractivity contribution < 1.29 is 23.1 Å². The van der Waals surface area contributed by atoms with Gasteiger partial charge in [0.25, 0.3) is 0 Å². The van der Waals surface area contributed by atoms with E-state index < -0.39 is 18.6 Å². The van der Waals surface area contributed by atoms with E-state index in [1.807, 2.05) is 0 Å². The first-order chi connectivity index (χ1) is 8.37. The van der Waals surface area contributed by atoms with Gasteiger partial charge in [0.2, 0.25) is 0 Å². The summed E-state index contributed by atoms with van der Waals surface area (Å²) in [5, 5.41) is 16.0. The predicted octanol–water partition coefficient (Wildman–Crippen LogP) is 1.89. The number of aromatic nitrogens is 3. The summed E-state index contributed by atoms with van der Waals surface area (Å²) < 4.78 is 38.5. The van der Waals surface area contributed by atoms with Gasteiger partial charge in [-0.2, -0.15) is 13.2 Å².